The Morgan fingerprint density at radius 3 is 2.49 bits per heavy atom. The van der Waals surface area contributed by atoms with E-state index < -0.39 is 28.1 Å². The lowest BCUT2D eigenvalue weighted by molar-refractivity contribution is 0.0522. The maximum absolute atomic E-state index is 14.4. The fourth-order valence-electron chi connectivity index (χ4n) is 3.73. The number of halogens is 2. The molecule has 0 saturated heterocycles. The monoisotopic (exact) mass is 549 g/mol. The Hall–Kier alpha value is -3.32. The molecule has 0 aliphatic rings. The fourth-order valence-corrected chi connectivity index (χ4v) is 4.47. The van der Waals surface area contributed by atoms with E-state index in [4.69, 9.17) is 25.3 Å². The van der Waals surface area contributed by atoms with Crippen molar-refractivity contribution in [2.24, 2.45) is 7.05 Å². The molecule has 2 heterocycles. The molecule has 2 aromatic carbocycles. The van der Waals surface area contributed by atoms with Crippen molar-refractivity contribution in [3.8, 4) is 11.4 Å². The van der Waals surface area contributed by atoms with Crippen LogP contribution in [0.25, 0.3) is 5.69 Å². The standard InChI is InChI=1S/C24H25ClFN5O5S/c1-15(35-14-16-5-8-18(34-3)9-6-16)19-11-17(26)7-10-21(19)31-22(12-23(25)28-31)24(36-37(4,32)33)20-13-30(2)29-27-20/h5-13,15,24H,14H2,1-4H3/t15-,24?/m1/s1. The largest absolute Gasteiger partial charge is 0.497 e. The summed E-state index contributed by atoms with van der Waals surface area (Å²) in [5.74, 6) is 0.248. The van der Waals surface area contributed by atoms with Crippen LogP contribution >= 0.6 is 11.6 Å². The van der Waals surface area contributed by atoms with E-state index in [2.05, 4.69) is 15.4 Å². The van der Waals surface area contributed by atoms with E-state index in [1.54, 1.807) is 21.1 Å². The second-order valence-electron chi connectivity index (χ2n) is 8.31. The zero-order valence-electron chi connectivity index (χ0n) is 20.5. The molecular formula is C24H25ClFN5O5S. The molecule has 13 heteroatoms. The first kappa shape index (κ1) is 26.7. The van der Waals surface area contributed by atoms with Gasteiger partial charge in [0.05, 0.1) is 43.7 Å². The smallest absolute Gasteiger partial charge is 0.265 e. The zero-order chi connectivity index (χ0) is 26.7. The van der Waals surface area contributed by atoms with Crippen LogP contribution in [0.15, 0.2) is 54.7 Å². The van der Waals surface area contributed by atoms with Gasteiger partial charge in [-0.25, -0.2) is 9.07 Å². The summed E-state index contributed by atoms with van der Waals surface area (Å²) in [4.78, 5) is 0. The van der Waals surface area contributed by atoms with Gasteiger partial charge in [-0.1, -0.05) is 28.9 Å². The first-order valence-electron chi connectivity index (χ1n) is 11.1. The third kappa shape index (κ3) is 6.52. The van der Waals surface area contributed by atoms with Gasteiger partial charge in [0.15, 0.2) is 11.3 Å². The van der Waals surface area contributed by atoms with Crippen LogP contribution in [-0.4, -0.2) is 46.6 Å². The minimum absolute atomic E-state index is 0.0723. The van der Waals surface area contributed by atoms with Crippen LogP contribution in [0, 0.1) is 5.82 Å². The molecule has 0 N–H and O–H groups in total. The predicted molar refractivity (Wildman–Crippen MR) is 134 cm³/mol. The number of nitrogens with zero attached hydrogens (tertiary/aromatic N) is 5. The Kier molecular flexibility index (Phi) is 7.93. The van der Waals surface area contributed by atoms with E-state index >= 15 is 0 Å². The van der Waals surface area contributed by atoms with E-state index in [-0.39, 0.29) is 23.1 Å². The highest BCUT2D eigenvalue weighted by molar-refractivity contribution is 7.86. The van der Waals surface area contributed by atoms with Crippen LogP contribution in [0.3, 0.4) is 0 Å². The van der Waals surface area contributed by atoms with E-state index in [0.29, 0.717) is 11.3 Å². The maximum Gasteiger partial charge on any atom is 0.265 e. The molecule has 10 nitrogen and oxygen atoms in total. The molecule has 4 rings (SSSR count). The van der Waals surface area contributed by atoms with Crippen molar-refractivity contribution in [2.75, 3.05) is 13.4 Å². The number of aromatic nitrogens is 5. The number of methoxy groups -OCH3 is 1. The molecule has 37 heavy (non-hydrogen) atoms. The van der Waals surface area contributed by atoms with Crippen molar-refractivity contribution in [2.45, 2.75) is 25.7 Å². The second-order valence-corrected chi connectivity index (χ2v) is 10.3. The average Bonchev–Trinajstić information content (AvgIpc) is 3.46. The van der Waals surface area contributed by atoms with Crippen LogP contribution in [0.1, 0.15) is 41.6 Å². The van der Waals surface area contributed by atoms with Gasteiger partial charge in [-0.05, 0) is 42.8 Å². The van der Waals surface area contributed by atoms with Crippen molar-refractivity contribution in [3.05, 3.63) is 88.2 Å². The molecule has 0 aliphatic carbocycles. The first-order valence-corrected chi connectivity index (χ1v) is 13.3. The van der Waals surface area contributed by atoms with Crippen LogP contribution in [0.2, 0.25) is 5.15 Å². The third-order valence-electron chi connectivity index (χ3n) is 5.45. The van der Waals surface area contributed by atoms with Crippen LogP contribution in [0.4, 0.5) is 4.39 Å². The second kappa shape index (κ2) is 11.0. The molecule has 0 aliphatic heterocycles. The fraction of sp³-hybridized carbons (Fsp3) is 0.292. The minimum Gasteiger partial charge on any atom is -0.497 e. The number of ether oxygens (including phenoxy) is 2. The lowest BCUT2D eigenvalue weighted by Gasteiger charge is -2.21. The van der Waals surface area contributed by atoms with E-state index in [0.717, 1.165) is 17.6 Å². The normalized spacial score (nSPS) is 13.5. The molecule has 196 valence electrons. The molecule has 0 radical (unpaired) electrons. The van der Waals surface area contributed by atoms with Gasteiger partial charge in [0.2, 0.25) is 0 Å². The third-order valence-corrected chi connectivity index (χ3v) is 6.18. The number of hydrogen-bond acceptors (Lipinski definition) is 8. The van der Waals surface area contributed by atoms with Crippen LogP contribution in [-0.2, 0) is 32.7 Å². The summed E-state index contributed by atoms with van der Waals surface area (Å²) < 4.78 is 58.0. The number of rotatable bonds is 10. The highest BCUT2D eigenvalue weighted by Gasteiger charge is 2.29. The van der Waals surface area contributed by atoms with Crippen LogP contribution < -0.4 is 4.74 Å². The quantitative estimate of drug-likeness (QED) is 0.271. The zero-order valence-corrected chi connectivity index (χ0v) is 22.1. The van der Waals surface area contributed by atoms with E-state index in [1.165, 1.54) is 39.8 Å². The SMILES string of the molecule is COc1ccc(CO[C@H](C)c2cc(F)ccc2-n2nc(Cl)cc2C(OS(C)(=O)=O)c2cn(C)nn2)cc1. The first-order chi connectivity index (χ1) is 17.5. The molecule has 0 amide bonds. The van der Waals surface area contributed by atoms with Gasteiger partial charge in [0.25, 0.3) is 10.1 Å². The maximum atomic E-state index is 14.4. The summed E-state index contributed by atoms with van der Waals surface area (Å²) in [5, 5.41) is 12.3. The van der Waals surface area contributed by atoms with Gasteiger partial charge >= 0.3 is 0 Å². The molecule has 0 spiro atoms. The highest BCUT2D eigenvalue weighted by Crippen LogP contribution is 2.33. The van der Waals surface area contributed by atoms with Crippen LogP contribution in [0.5, 0.6) is 5.75 Å². The van der Waals surface area contributed by atoms with Crippen molar-refractivity contribution in [3.63, 3.8) is 0 Å². The molecule has 2 aromatic heterocycles. The molecule has 4 aromatic rings. The lowest BCUT2D eigenvalue weighted by Crippen LogP contribution is -2.17. The molecule has 0 fully saturated rings. The predicted octanol–water partition coefficient (Wildman–Crippen LogP) is 4.15. The minimum atomic E-state index is -3.93. The summed E-state index contributed by atoms with van der Waals surface area (Å²) in [7, 11) is -0.707. The Bertz CT molecular complexity index is 1490. The highest BCUT2D eigenvalue weighted by atomic mass is 35.5. The Balaban J connectivity index is 1.72. The molecular weight excluding hydrogens is 525 g/mol. The van der Waals surface area contributed by atoms with E-state index in [9.17, 15) is 12.8 Å². The molecule has 0 bridgehead atoms. The molecule has 1 unspecified atom stereocenters. The van der Waals surface area contributed by atoms with Gasteiger partial charge in [-0.3, -0.25) is 8.86 Å². The average molecular weight is 550 g/mol. The lowest BCUT2D eigenvalue weighted by atomic mass is 10.1. The topological polar surface area (TPSA) is 110 Å². The Labute approximate surface area is 218 Å². The number of hydrogen-bond donors (Lipinski definition) is 0. The number of benzene rings is 2. The van der Waals surface area contributed by atoms with Crippen molar-refractivity contribution in [1.82, 2.24) is 24.8 Å². The number of aryl methyl sites for hydroxylation is 1. The van der Waals surface area contributed by atoms with Gasteiger partial charge < -0.3 is 9.47 Å². The van der Waals surface area contributed by atoms with Crippen molar-refractivity contribution < 1.29 is 26.5 Å². The molecule has 2 atom stereocenters. The summed E-state index contributed by atoms with van der Waals surface area (Å²) in [6.07, 6.45) is 0.663. The summed E-state index contributed by atoms with van der Waals surface area (Å²) >= 11 is 6.26. The van der Waals surface area contributed by atoms with Gasteiger partial charge in [-0.2, -0.15) is 13.5 Å². The van der Waals surface area contributed by atoms with Crippen molar-refractivity contribution in [1.29, 1.82) is 0 Å². The summed E-state index contributed by atoms with van der Waals surface area (Å²) in [6.45, 7) is 2.03. The Morgan fingerprint density at radius 1 is 1.14 bits per heavy atom. The summed E-state index contributed by atoms with van der Waals surface area (Å²) in [6, 6.07) is 13.0. The van der Waals surface area contributed by atoms with Gasteiger partial charge in [-0.15, -0.1) is 5.10 Å². The van der Waals surface area contributed by atoms with Gasteiger partial charge in [0, 0.05) is 18.7 Å². The molecule has 0 saturated carbocycles. The van der Waals surface area contributed by atoms with Gasteiger partial charge in [0.1, 0.15) is 17.3 Å². The Morgan fingerprint density at radius 2 is 1.86 bits per heavy atom. The van der Waals surface area contributed by atoms with Crippen molar-refractivity contribution >= 4 is 21.7 Å². The van der Waals surface area contributed by atoms with E-state index in [1.807, 2.05) is 24.3 Å². The summed E-state index contributed by atoms with van der Waals surface area (Å²) in [5.41, 5.74) is 2.27.